The Balaban J connectivity index is 1.58. The van der Waals surface area contributed by atoms with Crippen molar-refractivity contribution in [2.45, 2.75) is 25.5 Å². The third kappa shape index (κ3) is 6.67. The van der Waals surface area contributed by atoms with Gasteiger partial charge in [0.15, 0.2) is 0 Å². The van der Waals surface area contributed by atoms with Crippen LogP contribution in [0.4, 0.5) is 0 Å². The lowest BCUT2D eigenvalue weighted by atomic mass is 10.1. The van der Waals surface area contributed by atoms with Crippen molar-refractivity contribution < 1.29 is 4.79 Å². The molecule has 1 N–H and O–H groups in total. The average molecular weight is 348 g/mol. The number of carbonyl (C=O) groups is 1. The number of carbonyl (C=O) groups excluding carboxylic acids is 1. The van der Waals surface area contributed by atoms with Gasteiger partial charge in [0.1, 0.15) is 0 Å². The van der Waals surface area contributed by atoms with Gasteiger partial charge in [-0.3, -0.25) is 4.79 Å². The highest BCUT2D eigenvalue weighted by molar-refractivity contribution is 7.99. The highest BCUT2D eigenvalue weighted by atomic mass is 35.5. The van der Waals surface area contributed by atoms with Crippen LogP contribution in [0.5, 0.6) is 0 Å². The van der Waals surface area contributed by atoms with Crippen LogP contribution in [0.1, 0.15) is 23.1 Å². The number of aryl methyl sites for hydroxylation is 2. The molecule has 0 heterocycles. The van der Waals surface area contributed by atoms with Gasteiger partial charge in [-0.05, 0) is 48.6 Å². The molecule has 0 saturated carbocycles. The number of benzene rings is 2. The van der Waals surface area contributed by atoms with Crippen LogP contribution < -0.4 is 5.32 Å². The molecular formula is C19H22ClNOS. The van der Waals surface area contributed by atoms with Crippen LogP contribution >= 0.6 is 23.4 Å². The van der Waals surface area contributed by atoms with Crippen LogP contribution in [-0.2, 0) is 17.0 Å². The normalized spacial score (nSPS) is 10.5. The fraction of sp³-hybridized carbons (Fsp3) is 0.316. The van der Waals surface area contributed by atoms with E-state index < -0.39 is 0 Å². The largest absolute Gasteiger partial charge is 0.355 e. The van der Waals surface area contributed by atoms with Crippen LogP contribution in [0, 0.1) is 6.92 Å². The van der Waals surface area contributed by atoms with Crippen molar-refractivity contribution in [1.29, 1.82) is 0 Å². The molecule has 0 spiro atoms. The number of nitrogens with one attached hydrogen (secondary N) is 1. The molecule has 0 bridgehead atoms. The zero-order valence-electron chi connectivity index (χ0n) is 13.3. The first-order valence-electron chi connectivity index (χ1n) is 7.78. The van der Waals surface area contributed by atoms with Gasteiger partial charge < -0.3 is 5.32 Å². The van der Waals surface area contributed by atoms with Gasteiger partial charge in [0.05, 0.1) is 5.75 Å². The van der Waals surface area contributed by atoms with E-state index in [-0.39, 0.29) is 5.91 Å². The van der Waals surface area contributed by atoms with E-state index in [2.05, 4.69) is 24.4 Å². The Labute approximate surface area is 147 Å². The minimum Gasteiger partial charge on any atom is -0.355 e. The van der Waals surface area contributed by atoms with E-state index in [4.69, 9.17) is 11.6 Å². The number of hydrogen-bond donors (Lipinski definition) is 1. The molecule has 2 rings (SSSR count). The van der Waals surface area contributed by atoms with Crippen LogP contribution in [0.25, 0.3) is 0 Å². The van der Waals surface area contributed by atoms with E-state index in [1.54, 1.807) is 11.8 Å². The van der Waals surface area contributed by atoms with Crippen LogP contribution in [0.3, 0.4) is 0 Å². The fourth-order valence-electron chi connectivity index (χ4n) is 2.25. The molecule has 0 aliphatic carbocycles. The first-order valence-corrected chi connectivity index (χ1v) is 9.32. The third-order valence-electron chi connectivity index (χ3n) is 3.63. The molecule has 2 nitrogen and oxygen atoms in total. The van der Waals surface area contributed by atoms with E-state index in [1.807, 2.05) is 36.4 Å². The van der Waals surface area contributed by atoms with Crippen LogP contribution in [0.15, 0.2) is 48.5 Å². The number of rotatable bonds is 8. The summed E-state index contributed by atoms with van der Waals surface area (Å²) in [6.45, 7) is 2.82. The summed E-state index contributed by atoms with van der Waals surface area (Å²) in [5.41, 5.74) is 3.83. The molecule has 0 aliphatic rings. The summed E-state index contributed by atoms with van der Waals surface area (Å²) in [4.78, 5) is 11.8. The molecule has 122 valence electrons. The molecule has 0 aliphatic heterocycles. The van der Waals surface area contributed by atoms with Crippen molar-refractivity contribution in [2.24, 2.45) is 0 Å². The summed E-state index contributed by atoms with van der Waals surface area (Å²) >= 11 is 7.52. The van der Waals surface area contributed by atoms with Crippen molar-refractivity contribution in [3.63, 3.8) is 0 Å². The maximum atomic E-state index is 11.8. The Morgan fingerprint density at radius 3 is 2.61 bits per heavy atom. The summed E-state index contributed by atoms with van der Waals surface area (Å²) in [6, 6.07) is 16.2. The monoisotopic (exact) mass is 347 g/mol. The van der Waals surface area contributed by atoms with Gasteiger partial charge in [-0.1, -0.05) is 48.0 Å². The predicted molar refractivity (Wildman–Crippen MR) is 100 cm³/mol. The fourth-order valence-corrected chi connectivity index (χ4v) is 3.31. The Kier molecular flexibility index (Phi) is 7.50. The van der Waals surface area contributed by atoms with Crippen molar-refractivity contribution in [3.8, 4) is 0 Å². The minimum absolute atomic E-state index is 0.111. The van der Waals surface area contributed by atoms with E-state index in [1.165, 1.54) is 16.7 Å². The van der Waals surface area contributed by atoms with Gasteiger partial charge >= 0.3 is 0 Å². The first-order chi connectivity index (χ1) is 11.1. The number of amides is 1. The topological polar surface area (TPSA) is 29.1 Å². The molecule has 0 aromatic heterocycles. The van der Waals surface area contributed by atoms with Gasteiger partial charge in [0, 0.05) is 17.3 Å². The Bertz CT molecular complexity index is 628. The maximum Gasteiger partial charge on any atom is 0.230 e. The number of halogens is 1. The highest BCUT2D eigenvalue weighted by Gasteiger charge is 2.03. The second-order valence-corrected chi connectivity index (χ2v) is 6.92. The highest BCUT2D eigenvalue weighted by Crippen LogP contribution is 2.15. The molecule has 1 amide bonds. The predicted octanol–water partition coefficient (Wildman–Crippen LogP) is 4.63. The van der Waals surface area contributed by atoms with E-state index in [9.17, 15) is 4.79 Å². The molecule has 0 radical (unpaired) electrons. The standard InChI is InChI=1S/C19H22ClNOS/c1-15-5-2-3-7-17(15)13-23-14-19(22)21-12-4-6-16-8-10-18(20)11-9-16/h2-3,5,7-11H,4,6,12-14H2,1H3,(H,21,22). The van der Waals surface area contributed by atoms with Crippen LogP contribution in [0.2, 0.25) is 5.02 Å². The zero-order valence-corrected chi connectivity index (χ0v) is 14.9. The third-order valence-corrected chi connectivity index (χ3v) is 4.86. The second kappa shape index (κ2) is 9.64. The summed E-state index contributed by atoms with van der Waals surface area (Å²) in [5.74, 6) is 1.50. The van der Waals surface area contributed by atoms with Crippen LogP contribution in [-0.4, -0.2) is 18.2 Å². The van der Waals surface area contributed by atoms with E-state index >= 15 is 0 Å². The van der Waals surface area contributed by atoms with Gasteiger partial charge in [-0.25, -0.2) is 0 Å². The number of thioether (sulfide) groups is 1. The van der Waals surface area contributed by atoms with Gasteiger partial charge in [0.2, 0.25) is 5.91 Å². The average Bonchev–Trinajstić information content (AvgIpc) is 2.55. The van der Waals surface area contributed by atoms with E-state index in [0.29, 0.717) is 12.3 Å². The van der Waals surface area contributed by atoms with Gasteiger partial charge in [-0.15, -0.1) is 11.8 Å². The van der Waals surface area contributed by atoms with E-state index in [0.717, 1.165) is 23.6 Å². The van der Waals surface area contributed by atoms with Crippen molar-refractivity contribution in [2.75, 3.05) is 12.3 Å². The molecule has 4 heteroatoms. The van der Waals surface area contributed by atoms with Gasteiger partial charge in [0.25, 0.3) is 0 Å². The molecule has 0 atom stereocenters. The lowest BCUT2D eigenvalue weighted by molar-refractivity contribution is -0.118. The van der Waals surface area contributed by atoms with Gasteiger partial charge in [-0.2, -0.15) is 0 Å². The molecule has 23 heavy (non-hydrogen) atoms. The molecule has 2 aromatic rings. The lowest BCUT2D eigenvalue weighted by Gasteiger charge is -2.07. The molecule has 2 aromatic carbocycles. The summed E-state index contributed by atoms with van der Waals surface area (Å²) in [6.07, 6.45) is 1.89. The second-order valence-electron chi connectivity index (χ2n) is 5.50. The molecule has 0 saturated heterocycles. The summed E-state index contributed by atoms with van der Waals surface area (Å²) in [5, 5.41) is 3.74. The SMILES string of the molecule is Cc1ccccc1CSCC(=O)NCCCc1ccc(Cl)cc1. The Morgan fingerprint density at radius 2 is 1.87 bits per heavy atom. The smallest absolute Gasteiger partial charge is 0.230 e. The molecular weight excluding hydrogens is 326 g/mol. The Morgan fingerprint density at radius 1 is 1.13 bits per heavy atom. The van der Waals surface area contributed by atoms with Crippen molar-refractivity contribution in [3.05, 3.63) is 70.2 Å². The maximum absolute atomic E-state index is 11.8. The summed E-state index contributed by atoms with van der Waals surface area (Å²) < 4.78 is 0. The molecule has 0 unspecified atom stereocenters. The quantitative estimate of drug-likeness (QED) is 0.705. The lowest BCUT2D eigenvalue weighted by Crippen LogP contribution is -2.26. The zero-order chi connectivity index (χ0) is 16.5. The number of hydrogen-bond acceptors (Lipinski definition) is 2. The van der Waals surface area contributed by atoms with Crippen molar-refractivity contribution in [1.82, 2.24) is 5.32 Å². The molecule has 0 fully saturated rings. The summed E-state index contributed by atoms with van der Waals surface area (Å²) in [7, 11) is 0. The van der Waals surface area contributed by atoms with Crippen molar-refractivity contribution >= 4 is 29.3 Å². The minimum atomic E-state index is 0.111. The Hall–Kier alpha value is -1.45. The first kappa shape index (κ1) is 17.9.